The lowest BCUT2D eigenvalue weighted by Gasteiger charge is -2.08. The highest BCUT2D eigenvalue weighted by Gasteiger charge is 2.28. The second kappa shape index (κ2) is 7.82. The number of methoxy groups -OCH3 is 3. The summed E-state index contributed by atoms with van der Waals surface area (Å²) in [7, 11) is 4.38. The van der Waals surface area contributed by atoms with Crippen molar-refractivity contribution in [3.8, 4) is 23.0 Å². The van der Waals surface area contributed by atoms with Gasteiger partial charge >= 0.3 is 5.97 Å². The Bertz CT molecular complexity index is 915. The summed E-state index contributed by atoms with van der Waals surface area (Å²) in [6, 6.07) is 10.00. The minimum Gasteiger partial charge on any atom is -0.497 e. The minimum atomic E-state index is -0.502. The van der Waals surface area contributed by atoms with Crippen molar-refractivity contribution < 1.29 is 33.3 Å². The van der Waals surface area contributed by atoms with E-state index in [1.165, 1.54) is 7.11 Å². The highest BCUT2D eigenvalue weighted by atomic mass is 16.6. The van der Waals surface area contributed by atoms with Crippen molar-refractivity contribution >= 4 is 17.8 Å². The average molecular weight is 370 g/mol. The number of hydrogen-bond donors (Lipinski definition) is 0. The Hall–Kier alpha value is -3.48. The molecule has 27 heavy (non-hydrogen) atoms. The van der Waals surface area contributed by atoms with Crippen molar-refractivity contribution in [1.29, 1.82) is 0 Å². The molecule has 0 unspecified atom stereocenters. The van der Waals surface area contributed by atoms with Crippen LogP contribution in [0.1, 0.15) is 15.9 Å². The monoisotopic (exact) mass is 370 g/mol. The lowest BCUT2D eigenvalue weighted by molar-refractivity contribution is -0.142. The van der Waals surface area contributed by atoms with Gasteiger partial charge in [0.2, 0.25) is 5.78 Å². The van der Waals surface area contributed by atoms with Gasteiger partial charge in [-0.2, -0.15) is 0 Å². The van der Waals surface area contributed by atoms with E-state index in [1.54, 1.807) is 56.7 Å². The molecule has 1 heterocycles. The average Bonchev–Trinajstić information content (AvgIpc) is 3.00. The lowest BCUT2D eigenvalue weighted by Crippen LogP contribution is -2.12. The standard InChI is InChI=1S/C20H18O7/c1-23-13-5-7-16(24-2)12(8-13)9-18-20(22)15-6-4-14(10-17(15)27-18)26-11-19(21)25-3/h4-10H,11H2,1-3H3/b18-9+. The summed E-state index contributed by atoms with van der Waals surface area (Å²) in [6.07, 6.45) is 1.60. The molecule has 0 radical (unpaired) electrons. The summed E-state index contributed by atoms with van der Waals surface area (Å²) in [5, 5.41) is 0. The molecule has 3 rings (SSSR count). The summed E-state index contributed by atoms with van der Waals surface area (Å²) >= 11 is 0. The normalized spacial score (nSPS) is 13.7. The van der Waals surface area contributed by atoms with Crippen LogP contribution in [0.25, 0.3) is 6.08 Å². The van der Waals surface area contributed by atoms with Gasteiger partial charge in [-0.05, 0) is 36.4 Å². The fourth-order valence-electron chi connectivity index (χ4n) is 2.55. The van der Waals surface area contributed by atoms with Crippen LogP contribution in [-0.2, 0) is 9.53 Å². The van der Waals surface area contributed by atoms with Gasteiger partial charge in [-0.3, -0.25) is 4.79 Å². The van der Waals surface area contributed by atoms with Gasteiger partial charge < -0.3 is 23.7 Å². The first kappa shape index (κ1) is 18.3. The molecule has 0 amide bonds. The Morgan fingerprint density at radius 3 is 2.52 bits per heavy atom. The summed E-state index contributed by atoms with van der Waals surface area (Å²) < 4.78 is 26.1. The van der Waals surface area contributed by atoms with Gasteiger partial charge in [-0.25, -0.2) is 4.79 Å². The molecule has 7 heteroatoms. The molecule has 0 aromatic heterocycles. The van der Waals surface area contributed by atoms with E-state index >= 15 is 0 Å². The second-order valence-electron chi connectivity index (χ2n) is 5.57. The van der Waals surface area contributed by atoms with Crippen LogP contribution < -0.4 is 18.9 Å². The molecule has 0 saturated carbocycles. The van der Waals surface area contributed by atoms with Gasteiger partial charge in [0.1, 0.15) is 23.0 Å². The van der Waals surface area contributed by atoms with Crippen molar-refractivity contribution in [2.24, 2.45) is 0 Å². The second-order valence-corrected chi connectivity index (χ2v) is 5.57. The Morgan fingerprint density at radius 2 is 1.81 bits per heavy atom. The van der Waals surface area contributed by atoms with Gasteiger partial charge in [-0.1, -0.05) is 0 Å². The molecule has 0 aliphatic carbocycles. The molecule has 7 nitrogen and oxygen atoms in total. The molecule has 140 valence electrons. The number of allylic oxidation sites excluding steroid dienone is 1. The molecule has 1 aliphatic rings. The predicted molar refractivity (Wildman–Crippen MR) is 96.4 cm³/mol. The lowest BCUT2D eigenvalue weighted by atomic mass is 10.1. The molecule has 0 atom stereocenters. The van der Waals surface area contributed by atoms with Crippen LogP contribution in [0.5, 0.6) is 23.0 Å². The first-order valence-electron chi connectivity index (χ1n) is 8.05. The first-order chi connectivity index (χ1) is 13.0. The van der Waals surface area contributed by atoms with Crippen LogP contribution in [-0.4, -0.2) is 39.7 Å². The third-order valence-electron chi connectivity index (χ3n) is 3.95. The summed E-state index contributed by atoms with van der Waals surface area (Å²) in [4.78, 5) is 23.8. The third kappa shape index (κ3) is 3.87. The predicted octanol–water partition coefficient (Wildman–Crippen LogP) is 2.87. The van der Waals surface area contributed by atoms with Crippen molar-refractivity contribution in [3.05, 3.63) is 53.3 Å². The smallest absolute Gasteiger partial charge is 0.343 e. The number of hydrogen-bond acceptors (Lipinski definition) is 7. The highest BCUT2D eigenvalue weighted by Crippen LogP contribution is 2.36. The third-order valence-corrected chi connectivity index (χ3v) is 3.95. The van der Waals surface area contributed by atoms with Gasteiger partial charge in [0.25, 0.3) is 0 Å². The summed E-state index contributed by atoms with van der Waals surface area (Å²) in [5.41, 5.74) is 1.06. The molecule has 0 spiro atoms. The van der Waals surface area contributed by atoms with E-state index in [4.69, 9.17) is 18.9 Å². The molecule has 0 bridgehead atoms. The van der Waals surface area contributed by atoms with Crippen molar-refractivity contribution in [3.63, 3.8) is 0 Å². The summed E-state index contributed by atoms with van der Waals surface area (Å²) in [5.74, 6) is 1.36. The van der Waals surface area contributed by atoms with Crippen molar-refractivity contribution in [2.75, 3.05) is 27.9 Å². The fourth-order valence-corrected chi connectivity index (χ4v) is 2.55. The zero-order valence-electron chi connectivity index (χ0n) is 15.1. The van der Waals surface area contributed by atoms with E-state index in [0.29, 0.717) is 34.1 Å². The zero-order chi connectivity index (χ0) is 19.4. The minimum absolute atomic E-state index is 0.154. The molecule has 0 N–H and O–H groups in total. The molecular weight excluding hydrogens is 352 g/mol. The number of Topliss-reactive ketones (excluding diaryl/α,β-unsaturated/α-hetero) is 1. The Labute approximate surface area is 156 Å². The van der Waals surface area contributed by atoms with Gasteiger partial charge in [0, 0.05) is 11.6 Å². The SMILES string of the molecule is COC(=O)COc1ccc2c(c1)O/C(=C/c1cc(OC)ccc1OC)C2=O. The quantitative estimate of drug-likeness (QED) is 0.571. The zero-order valence-corrected chi connectivity index (χ0v) is 15.1. The van der Waals surface area contributed by atoms with E-state index < -0.39 is 5.97 Å². The van der Waals surface area contributed by atoms with Crippen LogP contribution in [0.4, 0.5) is 0 Å². The molecule has 0 saturated heterocycles. The van der Waals surface area contributed by atoms with E-state index in [-0.39, 0.29) is 18.1 Å². The van der Waals surface area contributed by atoms with Crippen molar-refractivity contribution in [2.45, 2.75) is 0 Å². The van der Waals surface area contributed by atoms with Crippen LogP contribution in [0, 0.1) is 0 Å². The number of carbonyl (C=O) groups is 2. The number of fused-ring (bicyclic) bond motifs is 1. The molecule has 2 aromatic carbocycles. The van der Waals surface area contributed by atoms with E-state index in [9.17, 15) is 9.59 Å². The maximum atomic E-state index is 12.6. The number of ketones is 1. The van der Waals surface area contributed by atoms with Crippen LogP contribution >= 0.6 is 0 Å². The number of benzene rings is 2. The number of ether oxygens (including phenoxy) is 5. The maximum Gasteiger partial charge on any atom is 0.343 e. The number of esters is 1. The number of rotatable bonds is 6. The van der Waals surface area contributed by atoms with E-state index in [0.717, 1.165) is 0 Å². The van der Waals surface area contributed by atoms with Gasteiger partial charge in [0.15, 0.2) is 12.4 Å². The fraction of sp³-hybridized carbons (Fsp3) is 0.200. The Morgan fingerprint density at radius 1 is 1.04 bits per heavy atom. The number of carbonyl (C=O) groups excluding carboxylic acids is 2. The first-order valence-corrected chi connectivity index (χ1v) is 8.05. The molecule has 2 aromatic rings. The molecular formula is C20H18O7. The van der Waals surface area contributed by atoms with E-state index in [2.05, 4.69) is 4.74 Å². The molecule has 0 fully saturated rings. The van der Waals surface area contributed by atoms with E-state index in [1.807, 2.05) is 0 Å². The Kier molecular flexibility index (Phi) is 5.30. The van der Waals surface area contributed by atoms with Gasteiger partial charge in [-0.15, -0.1) is 0 Å². The summed E-state index contributed by atoms with van der Waals surface area (Å²) in [6.45, 7) is -0.229. The molecule has 1 aliphatic heterocycles. The largest absolute Gasteiger partial charge is 0.497 e. The van der Waals surface area contributed by atoms with Crippen LogP contribution in [0.3, 0.4) is 0 Å². The van der Waals surface area contributed by atoms with Gasteiger partial charge in [0.05, 0.1) is 26.9 Å². The topological polar surface area (TPSA) is 80.3 Å². The van der Waals surface area contributed by atoms with Crippen molar-refractivity contribution in [1.82, 2.24) is 0 Å². The highest BCUT2D eigenvalue weighted by molar-refractivity contribution is 6.14. The van der Waals surface area contributed by atoms with Crippen LogP contribution in [0.2, 0.25) is 0 Å². The Balaban J connectivity index is 1.86. The maximum absolute atomic E-state index is 12.6. The van der Waals surface area contributed by atoms with Crippen LogP contribution in [0.15, 0.2) is 42.2 Å².